The number of methoxy groups -OCH3 is 1. The van der Waals surface area contributed by atoms with Crippen molar-refractivity contribution in [3.63, 3.8) is 0 Å². The van der Waals surface area contributed by atoms with Gasteiger partial charge >= 0.3 is 0 Å². The molecule has 2 N–H and O–H groups in total. The minimum absolute atomic E-state index is 0.437. The molecule has 0 bridgehead atoms. The van der Waals surface area contributed by atoms with Crippen molar-refractivity contribution in [1.29, 1.82) is 0 Å². The van der Waals surface area contributed by atoms with E-state index in [-0.39, 0.29) is 0 Å². The number of pyridine rings is 1. The highest BCUT2D eigenvalue weighted by Gasteiger charge is 2.05. The van der Waals surface area contributed by atoms with Crippen LogP contribution in [0.25, 0.3) is 11.3 Å². The van der Waals surface area contributed by atoms with E-state index in [1.54, 1.807) is 13.2 Å². The Balaban J connectivity index is 0.000000861. The van der Waals surface area contributed by atoms with Crippen LogP contribution in [0, 0.1) is 0 Å². The van der Waals surface area contributed by atoms with Crippen LogP contribution in [-0.4, -0.2) is 12.1 Å². The highest BCUT2D eigenvalue weighted by molar-refractivity contribution is 6.31. The molecular weight excluding hydrogens is 260 g/mol. The Bertz CT molecular complexity index is 512. The van der Waals surface area contributed by atoms with E-state index in [0.29, 0.717) is 17.4 Å². The first-order chi connectivity index (χ1) is 9.24. The highest BCUT2D eigenvalue weighted by atomic mass is 35.5. The van der Waals surface area contributed by atoms with Crippen LogP contribution >= 0.6 is 11.6 Å². The lowest BCUT2D eigenvalue weighted by atomic mass is 10.1. The Morgan fingerprint density at radius 1 is 1.11 bits per heavy atom. The monoisotopic (exact) mass is 278 g/mol. The van der Waals surface area contributed by atoms with Crippen molar-refractivity contribution >= 4 is 11.6 Å². The second-order valence-electron chi connectivity index (χ2n) is 3.59. The summed E-state index contributed by atoms with van der Waals surface area (Å²) in [5, 5.41) is 0.509. The van der Waals surface area contributed by atoms with Gasteiger partial charge in [0.1, 0.15) is 5.02 Å². The van der Waals surface area contributed by atoms with Crippen LogP contribution < -0.4 is 10.5 Å². The van der Waals surface area contributed by atoms with E-state index in [0.717, 1.165) is 16.8 Å². The zero-order valence-corrected chi connectivity index (χ0v) is 12.2. The maximum Gasteiger partial charge on any atom is 0.232 e. The van der Waals surface area contributed by atoms with Gasteiger partial charge in [0, 0.05) is 12.1 Å². The molecule has 0 unspecified atom stereocenters. The minimum atomic E-state index is 0.437. The molecule has 1 heterocycles. The fourth-order valence-electron chi connectivity index (χ4n) is 1.54. The number of aromatic nitrogens is 1. The Kier molecular flexibility index (Phi) is 6.33. The third-order valence-corrected chi connectivity index (χ3v) is 2.78. The summed E-state index contributed by atoms with van der Waals surface area (Å²) in [4.78, 5) is 4.33. The van der Waals surface area contributed by atoms with Crippen molar-refractivity contribution in [1.82, 2.24) is 4.98 Å². The van der Waals surface area contributed by atoms with E-state index in [4.69, 9.17) is 22.1 Å². The van der Waals surface area contributed by atoms with Crippen LogP contribution in [0.15, 0.2) is 36.4 Å². The number of halogens is 1. The molecule has 1 aromatic carbocycles. The number of nitrogens with zero attached hydrogens (tertiary/aromatic N) is 1. The quantitative estimate of drug-likeness (QED) is 0.926. The summed E-state index contributed by atoms with van der Waals surface area (Å²) >= 11 is 5.93. The van der Waals surface area contributed by atoms with Gasteiger partial charge in [-0.25, -0.2) is 4.98 Å². The lowest BCUT2D eigenvalue weighted by molar-refractivity contribution is 0.398. The molecule has 19 heavy (non-hydrogen) atoms. The Hall–Kier alpha value is -1.58. The van der Waals surface area contributed by atoms with E-state index in [2.05, 4.69) is 4.98 Å². The zero-order chi connectivity index (χ0) is 14.3. The van der Waals surface area contributed by atoms with Crippen LogP contribution in [0.1, 0.15) is 19.4 Å². The molecule has 0 saturated heterocycles. The van der Waals surface area contributed by atoms with E-state index < -0.39 is 0 Å². The fraction of sp³-hybridized carbons (Fsp3) is 0.267. The van der Waals surface area contributed by atoms with Gasteiger partial charge in [-0.1, -0.05) is 49.7 Å². The van der Waals surface area contributed by atoms with Crippen molar-refractivity contribution in [2.75, 3.05) is 7.11 Å². The van der Waals surface area contributed by atoms with Crippen molar-refractivity contribution < 1.29 is 4.74 Å². The lowest BCUT2D eigenvalue weighted by Gasteiger charge is -2.06. The molecular formula is C15H19ClN2O. The summed E-state index contributed by atoms with van der Waals surface area (Å²) in [6.45, 7) is 4.54. The van der Waals surface area contributed by atoms with Gasteiger partial charge in [-0.15, -0.1) is 0 Å². The Morgan fingerprint density at radius 3 is 2.26 bits per heavy atom. The molecule has 0 saturated carbocycles. The highest BCUT2D eigenvalue weighted by Crippen LogP contribution is 2.26. The Morgan fingerprint density at radius 2 is 1.74 bits per heavy atom. The number of ether oxygens (including phenoxy) is 1. The van der Waals surface area contributed by atoms with Crippen molar-refractivity contribution in [3.05, 3.63) is 47.0 Å². The maximum atomic E-state index is 5.93. The molecule has 0 aliphatic heterocycles. The van der Waals surface area contributed by atoms with E-state index in [1.807, 2.05) is 44.2 Å². The van der Waals surface area contributed by atoms with Crippen LogP contribution in [0.2, 0.25) is 5.02 Å². The van der Waals surface area contributed by atoms with E-state index in [9.17, 15) is 0 Å². The van der Waals surface area contributed by atoms with Gasteiger partial charge in [-0.2, -0.15) is 0 Å². The predicted octanol–water partition coefficient (Wildman–Crippen LogP) is 3.90. The van der Waals surface area contributed by atoms with Gasteiger partial charge < -0.3 is 10.5 Å². The van der Waals surface area contributed by atoms with E-state index >= 15 is 0 Å². The summed E-state index contributed by atoms with van der Waals surface area (Å²) < 4.78 is 5.09. The largest absolute Gasteiger partial charge is 0.480 e. The molecule has 2 aromatic rings. The van der Waals surface area contributed by atoms with Crippen LogP contribution in [0.3, 0.4) is 0 Å². The molecule has 2 rings (SSSR count). The first-order valence-corrected chi connectivity index (χ1v) is 6.62. The topological polar surface area (TPSA) is 48.1 Å². The average molecular weight is 279 g/mol. The van der Waals surface area contributed by atoms with Gasteiger partial charge in [-0.05, 0) is 17.7 Å². The first kappa shape index (κ1) is 15.5. The third-order valence-electron chi connectivity index (χ3n) is 2.49. The van der Waals surface area contributed by atoms with E-state index in [1.165, 1.54) is 0 Å². The van der Waals surface area contributed by atoms with Crippen molar-refractivity contribution in [2.45, 2.75) is 20.4 Å². The molecule has 0 radical (unpaired) electrons. The molecule has 3 nitrogen and oxygen atoms in total. The number of rotatable bonds is 3. The third kappa shape index (κ3) is 3.94. The van der Waals surface area contributed by atoms with Gasteiger partial charge in [0.15, 0.2) is 0 Å². The van der Waals surface area contributed by atoms with Crippen LogP contribution in [0.4, 0.5) is 0 Å². The van der Waals surface area contributed by atoms with Gasteiger partial charge in [0.25, 0.3) is 0 Å². The molecule has 0 aliphatic rings. The summed E-state index contributed by atoms with van der Waals surface area (Å²) in [6.07, 6.45) is 0. The summed E-state index contributed by atoms with van der Waals surface area (Å²) in [7, 11) is 1.55. The van der Waals surface area contributed by atoms with Gasteiger partial charge in [0.05, 0.1) is 12.8 Å². The molecule has 0 amide bonds. The standard InChI is InChI=1S/C13H13ClN2O.C2H6/c1-17-13-11(14)6-7-12(16-13)10-4-2-9(8-15)3-5-10;1-2/h2-7H,8,15H2,1H3;1-2H3. The van der Waals surface area contributed by atoms with Crippen molar-refractivity contribution in [3.8, 4) is 17.1 Å². The second kappa shape index (κ2) is 7.77. The first-order valence-electron chi connectivity index (χ1n) is 6.24. The second-order valence-corrected chi connectivity index (χ2v) is 4.00. The molecule has 0 fully saturated rings. The van der Waals surface area contributed by atoms with Crippen LogP contribution in [-0.2, 0) is 6.54 Å². The van der Waals surface area contributed by atoms with Crippen molar-refractivity contribution in [2.24, 2.45) is 5.73 Å². The average Bonchev–Trinajstić information content (AvgIpc) is 2.50. The van der Waals surface area contributed by atoms with Gasteiger partial charge in [0.2, 0.25) is 5.88 Å². The SMILES string of the molecule is CC.COc1nc(-c2ccc(CN)cc2)ccc1Cl. The lowest BCUT2D eigenvalue weighted by Crippen LogP contribution is -1.96. The number of hydrogen-bond donors (Lipinski definition) is 1. The number of hydrogen-bond acceptors (Lipinski definition) is 3. The maximum absolute atomic E-state index is 5.93. The summed E-state index contributed by atoms with van der Waals surface area (Å²) in [5.74, 6) is 0.437. The minimum Gasteiger partial charge on any atom is -0.480 e. The molecule has 1 aromatic heterocycles. The normalized spacial score (nSPS) is 9.53. The summed E-state index contributed by atoms with van der Waals surface area (Å²) in [5.41, 5.74) is 8.48. The molecule has 0 atom stereocenters. The summed E-state index contributed by atoms with van der Waals surface area (Å²) in [6, 6.07) is 11.6. The molecule has 0 spiro atoms. The fourth-order valence-corrected chi connectivity index (χ4v) is 1.72. The zero-order valence-electron chi connectivity index (χ0n) is 11.5. The Labute approximate surface area is 119 Å². The number of benzene rings is 1. The molecule has 102 valence electrons. The molecule has 0 aliphatic carbocycles. The predicted molar refractivity (Wildman–Crippen MR) is 80.5 cm³/mol. The van der Waals surface area contributed by atoms with Gasteiger partial charge in [-0.3, -0.25) is 0 Å². The molecule has 4 heteroatoms. The smallest absolute Gasteiger partial charge is 0.232 e. The number of nitrogens with two attached hydrogens (primary N) is 1. The van der Waals surface area contributed by atoms with Crippen LogP contribution in [0.5, 0.6) is 5.88 Å².